The number of benzene rings is 2. The van der Waals surface area contributed by atoms with Gasteiger partial charge in [-0.25, -0.2) is 9.78 Å². The van der Waals surface area contributed by atoms with Crippen molar-refractivity contribution in [3.05, 3.63) is 71.8 Å². The summed E-state index contributed by atoms with van der Waals surface area (Å²) in [6.07, 6.45) is 1.25. The Kier molecular flexibility index (Phi) is 6.56. The third-order valence-electron chi connectivity index (χ3n) is 5.17. The minimum Gasteiger partial charge on any atom is -0.486 e. The second kappa shape index (κ2) is 9.70. The maximum absolute atomic E-state index is 12.0. The molecule has 2 aromatic heterocycles. The summed E-state index contributed by atoms with van der Waals surface area (Å²) in [5.41, 5.74) is 3.13. The highest BCUT2D eigenvalue weighted by atomic mass is 16.6. The Morgan fingerprint density at radius 1 is 1.12 bits per heavy atom. The molecule has 0 aliphatic rings. The lowest BCUT2D eigenvalue weighted by Crippen LogP contribution is -2.28. The number of aromatic nitrogens is 1. The second-order valence-electron chi connectivity index (χ2n) is 7.23. The van der Waals surface area contributed by atoms with Crippen molar-refractivity contribution in [2.24, 2.45) is 0 Å². The van der Waals surface area contributed by atoms with Gasteiger partial charge in [0.2, 0.25) is 5.89 Å². The molecule has 2 heterocycles. The van der Waals surface area contributed by atoms with E-state index in [0.29, 0.717) is 36.0 Å². The standard InChI is InChI=1S/C25H25NO6/c1-4-29-22(25(27)28-3)14-18-10-11-21(19-12-13-30-23(18)19)31-15-20-16(2)32-24(26-20)17-8-6-5-7-9-17/h5-13,22H,4,14-15H2,1-3H3. The molecule has 0 bridgehead atoms. The van der Waals surface area contributed by atoms with Crippen molar-refractivity contribution >= 4 is 16.9 Å². The lowest BCUT2D eigenvalue weighted by atomic mass is 10.0. The minimum atomic E-state index is -0.695. The third kappa shape index (κ3) is 4.53. The highest BCUT2D eigenvalue weighted by Crippen LogP contribution is 2.32. The van der Waals surface area contributed by atoms with Crippen LogP contribution in [0.1, 0.15) is 23.9 Å². The van der Waals surface area contributed by atoms with Gasteiger partial charge >= 0.3 is 5.97 Å². The molecule has 1 unspecified atom stereocenters. The van der Waals surface area contributed by atoms with E-state index in [-0.39, 0.29) is 6.61 Å². The monoisotopic (exact) mass is 435 g/mol. The zero-order valence-corrected chi connectivity index (χ0v) is 18.3. The fourth-order valence-electron chi connectivity index (χ4n) is 3.54. The molecule has 7 heteroatoms. The molecule has 0 aliphatic carbocycles. The van der Waals surface area contributed by atoms with Gasteiger partial charge in [0.15, 0.2) is 6.10 Å². The predicted octanol–water partition coefficient (Wildman–Crippen LogP) is 5.10. The number of methoxy groups -OCH3 is 1. The van der Waals surface area contributed by atoms with Crippen LogP contribution in [0.4, 0.5) is 0 Å². The van der Waals surface area contributed by atoms with Crippen LogP contribution in [0.25, 0.3) is 22.4 Å². The van der Waals surface area contributed by atoms with E-state index in [2.05, 4.69) is 4.98 Å². The van der Waals surface area contributed by atoms with Crippen LogP contribution in [0.15, 0.2) is 63.6 Å². The first-order valence-electron chi connectivity index (χ1n) is 10.4. The molecule has 1 atom stereocenters. The SMILES string of the molecule is CCOC(Cc1ccc(OCc2nc(-c3ccccc3)oc2C)c2ccoc12)C(=O)OC. The summed E-state index contributed by atoms with van der Waals surface area (Å²) in [7, 11) is 1.35. The Morgan fingerprint density at radius 2 is 1.94 bits per heavy atom. The topological polar surface area (TPSA) is 83.9 Å². The van der Waals surface area contributed by atoms with E-state index < -0.39 is 12.1 Å². The van der Waals surface area contributed by atoms with E-state index in [1.165, 1.54) is 7.11 Å². The van der Waals surface area contributed by atoms with Gasteiger partial charge in [-0.05, 0) is 43.7 Å². The Balaban J connectivity index is 1.53. The van der Waals surface area contributed by atoms with Crippen LogP contribution in [0, 0.1) is 6.92 Å². The molecule has 0 N–H and O–H groups in total. The number of hydrogen-bond acceptors (Lipinski definition) is 7. The first-order chi connectivity index (χ1) is 15.6. The van der Waals surface area contributed by atoms with Crippen molar-refractivity contribution in [1.82, 2.24) is 4.98 Å². The van der Waals surface area contributed by atoms with Gasteiger partial charge in [-0.2, -0.15) is 0 Å². The number of esters is 1. The summed E-state index contributed by atoms with van der Waals surface area (Å²) in [6, 6.07) is 15.3. The molecule has 0 saturated heterocycles. The van der Waals surface area contributed by atoms with E-state index in [9.17, 15) is 4.79 Å². The van der Waals surface area contributed by atoms with Gasteiger partial charge in [0, 0.05) is 18.6 Å². The molecular formula is C25H25NO6. The highest BCUT2D eigenvalue weighted by molar-refractivity contribution is 5.87. The fourth-order valence-corrected chi connectivity index (χ4v) is 3.54. The first-order valence-corrected chi connectivity index (χ1v) is 10.4. The van der Waals surface area contributed by atoms with E-state index in [0.717, 1.165) is 22.2 Å². The van der Waals surface area contributed by atoms with Crippen LogP contribution < -0.4 is 4.74 Å². The number of furan rings is 1. The number of nitrogens with zero attached hydrogens (tertiary/aromatic N) is 1. The van der Waals surface area contributed by atoms with Crippen molar-refractivity contribution in [2.45, 2.75) is 33.0 Å². The van der Waals surface area contributed by atoms with Crippen molar-refractivity contribution in [3.8, 4) is 17.2 Å². The quantitative estimate of drug-likeness (QED) is 0.338. The maximum atomic E-state index is 12.0. The first kappa shape index (κ1) is 21.6. The zero-order valence-electron chi connectivity index (χ0n) is 18.3. The van der Waals surface area contributed by atoms with E-state index in [1.807, 2.05) is 62.4 Å². The summed E-state index contributed by atoms with van der Waals surface area (Å²) in [5, 5.41) is 0.812. The zero-order chi connectivity index (χ0) is 22.5. The predicted molar refractivity (Wildman–Crippen MR) is 118 cm³/mol. The van der Waals surface area contributed by atoms with Gasteiger partial charge in [0.05, 0.1) is 18.8 Å². The van der Waals surface area contributed by atoms with Crippen molar-refractivity contribution < 1.29 is 27.8 Å². The lowest BCUT2D eigenvalue weighted by Gasteiger charge is -2.15. The molecule has 32 heavy (non-hydrogen) atoms. The van der Waals surface area contributed by atoms with Crippen LogP contribution >= 0.6 is 0 Å². The molecule has 0 radical (unpaired) electrons. The van der Waals surface area contributed by atoms with Gasteiger partial charge in [-0.3, -0.25) is 0 Å². The third-order valence-corrected chi connectivity index (χ3v) is 5.17. The summed E-state index contributed by atoms with van der Waals surface area (Å²) in [4.78, 5) is 16.6. The Hall–Kier alpha value is -3.58. The van der Waals surface area contributed by atoms with Crippen LogP contribution in [0.3, 0.4) is 0 Å². The largest absolute Gasteiger partial charge is 0.486 e. The van der Waals surface area contributed by atoms with Crippen molar-refractivity contribution in [3.63, 3.8) is 0 Å². The van der Waals surface area contributed by atoms with Crippen molar-refractivity contribution in [2.75, 3.05) is 13.7 Å². The highest BCUT2D eigenvalue weighted by Gasteiger charge is 2.23. The van der Waals surface area contributed by atoms with Gasteiger partial charge in [-0.1, -0.05) is 24.3 Å². The number of oxazole rings is 1. The maximum Gasteiger partial charge on any atom is 0.335 e. The molecule has 0 amide bonds. The van der Waals surface area contributed by atoms with Gasteiger partial charge in [0.1, 0.15) is 29.4 Å². The fraction of sp³-hybridized carbons (Fsp3) is 0.280. The van der Waals surface area contributed by atoms with Crippen LogP contribution in [-0.2, 0) is 27.3 Å². The molecule has 0 fully saturated rings. The molecule has 0 spiro atoms. The second-order valence-corrected chi connectivity index (χ2v) is 7.23. The number of hydrogen-bond donors (Lipinski definition) is 0. The molecular weight excluding hydrogens is 410 g/mol. The Labute approximate surface area is 185 Å². The van der Waals surface area contributed by atoms with Crippen LogP contribution in [0.5, 0.6) is 5.75 Å². The van der Waals surface area contributed by atoms with Crippen LogP contribution in [-0.4, -0.2) is 30.8 Å². The number of fused-ring (bicyclic) bond motifs is 1. The van der Waals surface area contributed by atoms with E-state index in [1.54, 1.807) is 6.26 Å². The Morgan fingerprint density at radius 3 is 2.69 bits per heavy atom. The van der Waals surface area contributed by atoms with E-state index in [4.69, 9.17) is 23.0 Å². The summed E-state index contributed by atoms with van der Waals surface area (Å²) in [5.74, 6) is 1.52. The molecule has 7 nitrogen and oxygen atoms in total. The van der Waals surface area contributed by atoms with E-state index >= 15 is 0 Å². The number of carbonyl (C=O) groups excluding carboxylic acids is 1. The molecule has 2 aromatic carbocycles. The Bertz CT molecular complexity index is 1190. The van der Waals surface area contributed by atoms with Gasteiger partial charge in [0.25, 0.3) is 0 Å². The molecule has 4 aromatic rings. The van der Waals surface area contributed by atoms with Gasteiger partial charge in [-0.15, -0.1) is 0 Å². The van der Waals surface area contributed by atoms with Crippen LogP contribution in [0.2, 0.25) is 0 Å². The molecule has 0 saturated carbocycles. The number of carbonyl (C=O) groups is 1. The summed E-state index contributed by atoms with van der Waals surface area (Å²) >= 11 is 0. The average Bonchev–Trinajstić information content (AvgIpc) is 3.45. The van der Waals surface area contributed by atoms with Gasteiger partial charge < -0.3 is 23.0 Å². The number of ether oxygens (including phenoxy) is 3. The lowest BCUT2D eigenvalue weighted by molar-refractivity contribution is -0.153. The molecule has 166 valence electrons. The smallest absolute Gasteiger partial charge is 0.335 e. The summed E-state index contributed by atoms with van der Waals surface area (Å²) < 4.78 is 28.0. The number of rotatable bonds is 9. The number of aryl methyl sites for hydroxylation is 1. The summed E-state index contributed by atoms with van der Waals surface area (Å²) in [6.45, 7) is 4.37. The molecule has 4 rings (SSSR count). The minimum absolute atomic E-state index is 0.255. The molecule has 0 aliphatic heterocycles. The normalized spacial score (nSPS) is 12.1. The average molecular weight is 435 g/mol. The van der Waals surface area contributed by atoms with Crippen molar-refractivity contribution in [1.29, 1.82) is 0 Å².